The summed E-state index contributed by atoms with van der Waals surface area (Å²) in [5.74, 6) is -0.134. The van der Waals surface area contributed by atoms with Crippen molar-refractivity contribution >= 4 is 40.2 Å². The predicted molar refractivity (Wildman–Crippen MR) is 362 cm³/mol. The number of nitrogens with zero attached hydrogens (tertiary/aromatic N) is 1. The van der Waals surface area contributed by atoms with Gasteiger partial charge in [0.25, 0.3) is 10.1 Å². The largest absolute Gasteiger partial charge is 0.508 e. The summed E-state index contributed by atoms with van der Waals surface area (Å²) in [7, 11) is -14.7. The number of nitrogens with two attached hydrogens (primary N) is 3. The number of hydrogen-bond acceptors (Lipinski definition) is 16. The Hall–Kier alpha value is -7.49. The van der Waals surface area contributed by atoms with E-state index < -0.39 is 51.7 Å². The van der Waals surface area contributed by atoms with E-state index in [1.54, 1.807) is 18.2 Å². The van der Waals surface area contributed by atoms with Gasteiger partial charge in [0.05, 0.1) is 42.8 Å². The van der Waals surface area contributed by atoms with E-state index in [1.165, 1.54) is 52.1 Å². The van der Waals surface area contributed by atoms with Crippen molar-refractivity contribution in [2.24, 2.45) is 15.4 Å². The van der Waals surface area contributed by atoms with Crippen LogP contribution in [-0.4, -0.2) is 75.3 Å². The maximum Gasteiger partial charge on any atom is 0.269 e. The first-order valence-electron chi connectivity index (χ1n) is 28.8. The number of phenolic OH excluding ortho intramolecular Hbond substituents is 3. The number of aliphatic hydroxyl groups excluding tert-OH is 2. The van der Waals surface area contributed by atoms with E-state index in [0.717, 1.165) is 62.0 Å². The normalized spacial score (nSPS) is 10.8. The Bertz CT molecular complexity index is 3800. The highest BCUT2D eigenvalue weighted by Gasteiger charge is 2.15. The molecule has 0 spiro atoms. The highest BCUT2D eigenvalue weighted by molar-refractivity contribution is 7.88. The van der Waals surface area contributed by atoms with E-state index in [-0.39, 0.29) is 53.1 Å². The Kier molecular flexibility index (Phi) is 35.0. The molecule has 91 heavy (non-hydrogen) atoms. The van der Waals surface area contributed by atoms with Crippen LogP contribution < -0.4 is 20.2 Å². The van der Waals surface area contributed by atoms with Gasteiger partial charge < -0.3 is 34.7 Å². The van der Waals surface area contributed by atoms with Gasteiger partial charge in [-0.3, -0.25) is 4.55 Å². The van der Waals surface area contributed by atoms with E-state index in [2.05, 4.69) is 17.1 Å². The summed E-state index contributed by atoms with van der Waals surface area (Å²) in [5, 5.41) is 60.3. The molecule has 0 aliphatic rings. The zero-order valence-electron chi connectivity index (χ0n) is 54.4. The second kappa shape index (κ2) is 39.0. The number of aromatic hydroxyl groups is 3. The zero-order valence-corrected chi connectivity index (χ0v) is 57.7. The topological polar surface area (TPSA) is 371 Å². The lowest BCUT2D eigenvalue weighted by Gasteiger charge is -2.08. The average Bonchev–Trinajstić information content (AvgIpc) is 2.21. The number of aliphatic hydroxyl groups is 2. The van der Waals surface area contributed by atoms with E-state index >= 15 is 0 Å². The number of sulfonamides is 3. The molecular formula is C67H92N4O16S4. The summed E-state index contributed by atoms with van der Waals surface area (Å²) in [6.07, 6.45) is 0.529. The number of ether oxygens (including phenoxy) is 1. The van der Waals surface area contributed by atoms with Crippen molar-refractivity contribution in [3.05, 3.63) is 228 Å². The first-order chi connectivity index (χ1) is 42.3. The lowest BCUT2D eigenvalue weighted by atomic mass is 10.1. The maximum absolute atomic E-state index is 11.1. The summed E-state index contributed by atoms with van der Waals surface area (Å²) >= 11 is 0. The number of benzene rings is 7. The van der Waals surface area contributed by atoms with Crippen LogP contribution in [0.2, 0.25) is 0 Å². The van der Waals surface area contributed by atoms with Crippen molar-refractivity contribution in [1.29, 1.82) is 0 Å². The lowest BCUT2D eigenvalue weighted by molar-refractivity contribution is 0.281. The van der Waals surface area contributed by atoms with E-state index in [0.29, 0.717) is 30.2 Å². The van der Waals surface area contributed by atoms with Gasteiger partial charge in [-0.1, -0.05) is 153 Å². The molecule has 1 heterocycles. The van der Waals surface area contributed by atoms with Gasteiger partial charge in [-0.2, -0.15) is 8.42 Å². The number of aromatic nitrogens is 1. The van der Waals surface area contributed by atoms with Gasteiger partial charge in [0.15, 0.2) is 0 Å². The van der Waals surface area contributed by atoms with Crippen LogP contribution in [0, 0.1) is 69.2 Å². The molecule has 0 bridgehead atoms. The van der Waals surface area contributed by atoms with Crippen LogP contribution in [0.25, 0.3) is 11.5 Å². The molecule has 500 valence electrons. The molecule has 0 aliphatic carbocycles. The quantitative estimate of drug-likeness (QED) is 0.0431. The van der Waals surface area contributed by atoms with E-state index in [1.807, 2.05) is 170 Å². The van der Waals surface area contributed by atoms with Crippen molar-refractivity contribution < 1.29 is 72.9 Å². The molecule has 1 aromatic heterocycles. The number of rotatable bonds is 15. The smallest absolute Gasteiger partial charge is 0.269 e. The van der Waals surface area contributed by atoms with Gasteiger partial charge in [0.1, 0.15) is 34.5 Å². The predicted octanol–water partition coefficient (Wildman–Crippen LogP) is 11.4. The van der Waals surface area contributed by atoms with Crippen molar-refractivity contribution in [2.75, 3.05) is 6.61 Å². The monoisotopic (exact) mass is 1340 g/mol. The van der Waals surface area contributed by atoms with Crippen molar-refractivity contribution in [3.63, 3.8) is 0 Å². The molecule has 20 nitrogen and oxygen atoms in total. The Balaban J connectivity index is 0.000000567. The summed E-state index contributed by atoms with van der Waals surface area (Å²) in [4.78, 5) is 4.54. The fraction of sp³-hybridized carbons (Fsp3) is 0.328. The molecular weight excluding hydrogens is 1250 g/mol. The fourth-order valence-electron chi connectivity index (χ4n) is 8.08. The molecule has 24 heteroatoms. The summed E-state index contributed by atoms with van der Waals surface area (Å²) < 4.78 is 106. The molecule has 0 saturated carbocycles. The average molecular weight is 1340 g/mol. The number of aryl methyl sites for hydroxylation is 10. The number of phenols is 3. The molecule has 0 unspecified atom stereocenters. The van der Waals surface area contributed by atoms with Gasteiger partial charge in [-0.05, 0) is 138 Å². The minimum absolute atomic E-state index is 0.0842. The third-order valence-electron chi connectivity index (χ3n) is 12.7. The Morgan fingerprint density at radius 3 is 1.12 bits per heavy atom. The third-order valence-corrected chi connectivity index (χ3v) is 15.5. The number of oxazole rings is 1. The van der Waals surface area contributed by atoms with Crippen LogP contribution >= 0.6 is 0 Å². The van der Waals surface area contributed by atoms with Crippen LogP contribution in [0.4, 0.5) is 0 Å². The Labute approximate surface area is 539 Å². The van der Waals surface area contributed by atoms with E-state index in [9.17, 15) is 43.9 Å². The molecule has 8 rings (SSSR count). The molecule has 0 saturated heterocycles. The Morgan fingerprint density at radius 2 is 0.769 bits per heavy atom. The first kappa shape index (κ1) is 81.5. The SMILES string of the molecule is CC.CC.Cc1ccc(-c2nc(CCOc3ccc(CS(N)(=O)=O)c(O)c3)c(C)o2)cc1.Cc1ccc(CO)c(C)c1.Cc1ccc(CO)c(C)c1.Cc1ccc(CS(=O)(=O)O)c(C)c1.Cc1ccc(CS(N)(=O)=O)c(C)c1.NS(=O)(=O)Cc1ccc(O)cc1O. The molecule has 0 aliphatic heterocycles. The second-order valence-corrected chi connectivity index (χ2v) is 27.1. The minimum Gasteiger partial charge on any atom is -0.508 e. The molecule has 7 aromatic carbocycles. The summed E-state index contributed by atoms with van der Waals surface area (Å²) in [5.41, 5.74) is 15.6. The molecule has 8 aromatic rings. The van der Waals surface area contributed by atoms with Gasteiger partial charge in [0.2, 0.25) is 36.0 Å². The van der Waals surface area contributed by atoms with Crippen molar-refractivity contribution in [1.82, 2.24) is 4.98 Å². The summed E-state index contributed by atoms with van der Waals surface area (Å²) in [6, 6.07) is 39.2. The lowest BCUT2D eigenvalue weighted by Crippen LogP contribution is -2.15. The van der Waals surface area contributed by atoms with Crippen LogP contribution in [0.1, 0.15) is 123 Å². The molecule has 0 radical (unpaired) electrons. The zero-order chi connectivity index (χ0) is 69.6. The van der Waals surface area contributed by atoms with Gasteiger partial charge in [-0.25, -0.2) is 45.7 Å². The molecule has 0 fully saturated rings. The van der Waals surface area contributed by atoms with Crippen molar-refractivity contribution in [2.45, 2.75) is 140 Å². The summed E-state index contributed by atoms with van der Waals surface area (Å²) in [6.45, 7) is 28.2. The van der Waals surface area contributed by atoms with Gasteiger partial charge >= 0.3 is 0 Å². The third kappa shape index (κ3) is 33.4. The van der Waals surface area contributed by atoms with E-state index in [4.69, 9.17) is 44.4 Å². The maximum atomic E-state index is 11.1. The Morgan fingerprint density at radius 1 is 0.429 bits per heavy atom. The molecule has 0 atom stereocenters. The van der Waals surface area contributed by atoms with Crippen LogP contribution in [0.3, 0.4) is 0 Å². The van der Waals surface area contributed by atoms with Gasteiger partial charge in [0, 0.05) is 35.2 Å². The standard InChI is InChI=1S/C20H22N2O5S.C9H13NO2S.C9H12O3S.2C9H12O.C7H9NO4S.2C2H6/c1-13-3-5-15(6-4-13)20-22-18(14(2)27-20)9-10-26-17-8-7-16(19(23)11-17)12-28(21,24)25;2*1-7-3-4-9(8(2)5-7)6-13(10,11)12;2*1-7-3-4-9(6-10)8(2)5-7;8-13(11,12)4-5-1-2-6(9)3-7(5)10;2*1-2/h3-8,11,23H,9-10,12H2,1-2H3,(H2,21,24,25);3-5H,6H2,1-2H3,(H2,10,11,12);3-5H,6H2,1-2H3,(H,10,11,12);2*3-5,10H,6H2,1-2H3;1-3,9-10H,4H2,(H2,8,11,12);2*1-2H3. The van der Waals surface area contributed by atoms with Gasteiger partial charge in [-0.15, -0.1) is 0 Å². The van der Waals surface area contributed by atoms with Crippen LogP contribution in [0.5, 0.6) is 23.0 Å². The fourth-order valence-corrected chi connectivity index (χ4v) is 10.9. The minimum atomic E-state index is -3.91. The van der Waals surface area contributed by atoms with Crippen LogP contribution in [0.15, 0.2) is 138 Å². The van der Waals surface area contributed by atoms with Crippen LogP contribution in [-0.2, 0) is 82.8 Å². The number of hydrogen-bond donors (Lipinski definition) is 9. The van der Waals surface area contributed by atoms with Crippen molar-refractivity contribution in [3.8, 4) is 34.5 Å². The molecule has 0 amide bonds. The highest BCUT2D eigenvalue weighted by Crippen LogP contribution is 2.27. The molecule has 12 N–H and O–H groups in total. The second-order valence-electron chi connectivity index (χ2n) is 20.8. The number of primary sulfonamides is 3. The highest BCUT2D eigenvalue weighted by atomic mass is 32.2. The first-order valence-corrected chi connectivity index (χ1v) is 35.5.